The van der Waals surface area contributed by atoms with E-state index < -0.39 is 12.0 Å². The average molecular weight is 421 g/mol. The lowest BCUT2D eigenvalue weighted by molar-refractivity contribution is -0.132. The smallest absolute Gasteiger partial charge is 0.279 e. The number of rotatable bonds is 9. The van der Waals surface area contributed by atoms with Gasteiger partial charge >= 0.3 is 0 Å². The van der Waals surface area contributed by atoms with E-state index >= 15 is 0 Å². The number of ether oxygens (including phenoxy) is 2. The first-order chi connectivity index (χ1) is 15.0. The Balaban J connectivity index is 1.32. The number of carbonyl (C=O) groups is 2. The summed E-state index contributed by atoms with van der Waals surface area (Å²) in [6.45, 7) is 4.19. The maximum Gasteiger partial charge on any atom is 0.279 e. The zero-order chi connectivity index (χ0) is 22.1. The normalized spacial score (nSPS) is 11.5. The predicted octanol–water partition coefficient (Wildman–Crippen LogP) is 4.31. The molecule has 0 aliphatic heterocycles. The summed E-state index contributed by atoms with van der Waals surface area (Å²) in [6.07, 6.45) is 0.967. The van der Waals surface area contributed by atoms with Gasteiger partial charge in [0.1, 0.15) is 11.5 Å². The fourth-order valence-electron chi connectivity index (χ4n) is 3.08. The van der Waals surface area contributed by atoms with Crippen LogP contribution >= 0.6 is 0 Å². The summed E-state index contributed by atoms with van der Waals surface area (Å²) in [5.41, 5.74) is 6.00. The molecular formula is C25H28N2O4. The number of unbranched alkanes of at least 4 members (excludes halogenated alkanes) is 1. The van der Waals surface area contributed by atoms with Gasteiger partial charge in [-0.05, 0) is 67.3 Å². The van der Waals surface area contributed by atoms with E-state index in [0.717, 1.165) is 28.5 Å². The third-order valence-corrected chi connectivity index (χ3v) is 4.78. The predicted molar refractivity (Wildman–Crippen MR) is 121 cm³/mol. The Morgan fingerprint density at radius 3 is 2.48 bits per heavy atom. The number of amides is 2. The Morgan fingerprint density at radius 2 is 1.68 bits per heavy atom. The summed E-state index contributed by atoms with van der Waals surface area (Å²) < 4.78 is 11.4. The number of fused-ring (bicyclic) bond motifs is 1. The lowest BCUT2D eigenvalue weighted by Crippen LogP contribution is -2.47. The van der Waals surface area contributed by atoms with Crippen molar-refractivity contribution in [2.75, 3.05) is 6.61 Å². The van der Waals surface area contributed by atoms with Gasteiger partial charge in [0.05, 0.1) is 6.61 Å². The molecule has 0 spiro atoms. The molecule has 0 aliphatic rings. The van der Waals surface area contributed by atoms with Crippen molar-refractivity contribution in [3.05, 3.63) is 72.3 Å². The minimum Gasteiger partial charge on any atom is -0.494 e. The summed E-state index contributed by atoms with van der Waals surface area (Å²) in [5, 5.41) is 2.13. The van der Waals surface area contributed by atoms with E-state index in [4.69, 9.17) is 9.47 Å². The van der Waals surface area contributed by atoms with Gasteiger partial charge in [-0.15, -0.1) is 0 Å². The number of aryl methyl sites for hydroxylation is 1. The Hall–Kier alpha value is -3.54. The molecule has 0 saturated heterocycles. The Morgan fingerprint density at radius 1 is 0.871 bits per heavy atom. The first-order valence-corrected chi connectivity index (χ1v) is 10.4. The van der Waals surface area contributed by atoms with Crippen LogP contribution in [-0.2, 0) is 9.59 Å². The van der Waals surface area contributed by atoms with E-state index in [-0.39, 0.29) is 5.91 Å². The molecule has 6 nitrogen and oxygen atoms in total. The summed E-state index contributed by atoms with van der Waals surface area (Å²) in [5.74, 6) is 0.768. The first kappa shape index (κ1) is 22.2. The molecule has 2 N–H and O–H groups in total. The molecule has 0 aliphatic carbocycles. The van der Waals surface area contributed by atoms with Gasteiger partial charge in [0.25, 0.3) is 5.91 Å². The number of hydrogen-bond acceptors (Lipinski definition) is 4. The highest BCUT2D eigenvalue weighted by Crippen LogP contribution is 2.21. The van der Waals surface area contributed by atoms with Crippen LogP contribution in [-0.4, -0.2) is 24.5 Å². The molecule has 6 heteroatoms. The average Bonchev–Trinajstić information content (AvgIpc) is 2.77. The fraction of sp³-hybridized carbons (Fsp3) is 0.280. The summed E-state index contributed by atoms with van der Waals surface area (Å²) in [6, 6.07) is 21.4. The van der Waals surface area contributed by atoms with Crippen LogP contribution < -0.4 is 20.3 Å². The fourth-order valence-corrected chi connectivity index (χ4v) is 3.08. The van der Waals surface area contributed by atoms with Gasteiger partial charge in [0.15, 0.2) is 6.10 Å². The molecule has 0 fully saturated rings. The minimum absolute atomic E-state index is 0.248. The highest BCUT2D eigenvalue weighted by atomic mass is 16.5. The highest BCUT2D eigenvalue weighted by molar-refractivity contribution is 5.85. The van der Waals surface area contributed by atoms with Gasteiger partial charge in [0.2, 0.25) is 5.91 Å². The third kappa shape index (κ3) is 7.03. The molecule has 0 heterocycles. The van der Waals surface area contributed by atoms with Crippen molar-refractivity contribution in [1.82, 2.24) is 10.9 Å². The minimum atomic E-state index is -0.746. The summed E-state index contributed by atoms with van der Waals surface area (Å²) in [4.78, 5) is 24.2. The topological polar surface area (TPSA) is 76.7 Å². The van der Waals surface area contributed by atoms with Crippen LogP contribution in [0.25, 0.3) is 10.8 Å². The molecule has 162 valence electrons. The first-order valence-electron chi connectivity index (χ1n) is 10.4. The largest absolute Gasteiger partial charge is 0.494 e. The van der Waals surface area contributed by atoms with Crippen molar-refractivity contribution in [2.45, 2.75) is 39.2 Å². The van der Waals surface area contributed by atoms with E-state index in [0.29, 0.717) is 25.2 Å². The molecule has 2 amide bonds. The van der Waals surface area contributed by atoms with Crippen LogP contribution in [0.5, 0.6) is 11.5 Å². The second kappa shape index (κ2) is 11.0. The van der Waals surface area contributed by atoms with Crippen molar-refractivity contribution in [3.63, 3.8) is 0 Å². The molecule has 3 aromatic rings. The van der Waals surface area contributed by atoms with Crippen LogP contribution in [0, 0.1) is 6.92 Å². The monoisotopic (exact) mass is 420 g/mol. The lowest BCUT2D eigenvalue weighted by Gasteiger charge is -2.15. The maximum absolute atomic E-state index is 12.2. The van der Waals surface area contributed by atoms with Crippen LogP contribution in [0.1, 0.15) is 31.7 Å². The van der Waals surface area contributed by atoms with Gasteiger partial charge in [-0.25, -0.2) is 0 Å². The molecule has 0 bridgehead atoms. The maximum atomic E-state index is 12.2. The zero-order valence-electron chi connectivity index (χ0n) is 17.9. The van der Waals surface area contributed by atoms with Crippen molar-refractivity contribution in [2.24, 2.45) is 0 Å². The molecule has 31 heavy (non-hydrogen) atoms. The zero-order valence-corrected chi connectivity index (χ0v) is 17.9. The van der Waals surface area contributed by atoms with Gasteiger partial charge in [-0.1, -0.05) is 42.5 Å². The van der Waals surface area contributed by atoms with Crippen LogP contribution in [0.3, 0.4) is 0 Å². The van der Waals surface area contributed by atoms with Gasteiger partial charge in [-0.2, -0.15) is 0 Å². The molecule has 1 atom stereocenters. The van der Waals surface area contributed by atoms with Gasteiger partial charge in [-0.3, -0.25) is 20.4 Å². The SMILES string of the molecule is Cc1cccc(OCCCCC(=O)NNC(=O)C(C)Oc2ccc3ccccc3c2)c1. The second-order valence-corrected chi connectivity index (χ2v) is 7.43. The molecule has 0 aromatic heterocycles. The number of nitrogens with one attached hydrogen (secondary N) is 2. The third-order valence-electron chi connectivity index (χ3n) is 4.78. The van der Waals surface area contributed by atoms with Gasteiger partial charge < -0.3 is 9.47 Å². The van der Waals surface area contributed by atoms with Crippen molar-refractivity contribution >= 4 is 22.6 Å². The summed E-state index contributed by atoms with van der Waals surface area (Å²) >= 11 is 0. The highest BCUT2D eigenvalue weighted by Gasteiger charge is 2.15. The molecule has 3 aromatic carbocycles. The van der Waals surface area contributed by atoms with E-state index in [1.165, 1.54) is 0 Å². The van der Waals surface area contributed by atoms with Gasteiger partial charge in [0, 0.05) is 6.42 Å². The van der Waals surface area contributed by atoms with Crippen molar-refractivity contribution < 1.29 is 19.1 Å². The standard InChI is InChI=1S/C25H28N2O4/c1-18-8-7-11-22(16-18)30-15-6-5-12-24(28)26-27-25(29)19(2)31-23-14-13-20-9-3-4-10-21(20)17-23/h3-4,7-11,13-14,16-17,19H,5-6,12,15H2,1-2H3,(H,26,28)(H,27,29). The van der Waals surface area contributed by atoms with Crippen molar-refractivity contribution in [3.8, 4) is 11.5 Å². The Labute approximate surface area is 182 Å². The number of hydrazine groups is 1. The Kier molecular flexibility index (Phi) is 7.87. The van der Waals surface area contributed by atoms with Crippen LogP contribution in [0.2, 0.25) is 0 Å². The summed E-state index contributed by atoms with van der Waals surface area (Å²) in [7, 11) is 0. The molecule has 1 unspecified atom stereocenters. The lowest BCUT2D eigenvalue weighted by atomic mass is 10.1. The molecule has 0 radical (unpaired) electrons. The van der Waals surface area contributed by atoms with Crippen LogP contribution in [0.15, 0.2) is 66.7 Å². The van der Waals surface area contributed by atoms with Crippen LogP contribution in [0.4, 0.5) is 0 Å². The second-order valence-electron chi connectivity index (χ2n) is 7.43. The number of carbonyl (C=O) groups excluding carboxylic acids is 2. The van der Waals surface area contributed by atoms with E-state index in [9.17, 15) is 9.59 Å². The molecule has 3 rings (SSSR count). The van der Waals surface area contributed by atoms with E-state index in [2.05, 4.69) is 10.9 Å². The number of benzene rings is 3. The van der Waals surface area contributed by atoms with E-state index in [1.54, 1.807) is 6.92 Å². The Bertz CT molecular complexity index is 1030. The number of hydrogen-bond donors (Lipinski definition) is 2. The quantitative estimate of drug-likeness (QED) is 0.399. The molecule has 0 saturated carbocycles. The van der Waals surface area contributed by atoms with E-state index in [1.807, 2.05) is 73.7 Å². The van der Waals surface area contributed by atoms with Crippen molar-refractivity contribution in [1.29, 1.82) is 0 Å². The molecular weight excluding hydrogens is 392 g/mol.